The Morgan fingerprint density at radius 1 is 1.07 bits per heavy atom. The van der Waals surface area contributed by atoms with Crippen molar-refractivity contribution in [3.8, 4) is 11.3 Å². The van der Waals surface area contributed by atoms with Crippen molar-refractivity contribution in [1.82, 2.24) is 20.0 Å². The average molecular weight is 416 g/mol. The molecular weight excluding hydrogens is 390 g/mol. The zero-order chi connectivity index (χ0) is 21.0. The lowest BCUT2D eigenvalue weighted by Crippen LogP contribution is -2.52. The molecule has 1 aromatic heterocycles. The molecular formula is C21H26ClN5O2. The smallest absolute Gasteiger partial charge is 0.242 e. The van der Waals surface area contributed by atoms with Crippen LogP contribution in [-0.2, 0) is 9.59 Å². The number of amides is 2. The Bertz CT molecular complexity index is 864. The largest absolute Gasteiger partial charge is 0.352 e. The monoisotopic (exact) mass is 415 g/mol. The maximum atomic E-state index is 12.6. The van der Waals surface area contributed by atoms with Crippen LogP contribution in [0, 0.1) is 0 Å². The molecule has 2 aromatic rings. The van der Waals surface area contributed by atoms with Crippen LogP contribution in [0.1, 0.15) is 20.8 Å². The van der Waals surface area contributed by atoms with Crippen molar-refractivity contribution in [3.05, 3.63) is 41.4 Å². The summed E-state index contributed by atoms with van der Waals surface area (Å²) in [7, 11) is 0. The van der Waals surface area contributed by atoms with Crippen molar-refractivity contribution in [2.24, 2.45) is 0 Å². The number of hydrogen-bond acceptors (Lipinski definition) is 5. The van der Waals surface area contributed by atoms with Crippen LogP contribution in [0.15, 0.2) is 36.4 Å². The van der Waals surface area contributed by atoms with Crippen LogP contribution >= 0.6 is 11.6 Å². The summed E-state index contributed by atoms with van der Waals surface area (Å²) >= 11 is 6.23. The minimum absolute atomic E-state index is 0.00430. The molecule has 0 aliphatic carbocycles. The molecule has 1 saturated heterocycles. The Balaban J connectivity index is 1.59. The first-order valence-electron chi connectivity index (χ1n) is 9.75. The molecule has 0 spiro atoms. The van der Waals surface area contributed by atoms with E-state index in [9.17, 15) is 9.59 Å². The number of carbonyl (C=O) groups excluding carboxylic acids is 2. The fraction of sp³-hybridized carbons (Fsp3) is 0.429. The first-order chi connectivity index (χ1) is 13.9. The molecule has 154 valence electrons. The van der Waals surface area contributed by atoms with Crippen molar-refractivity contribution in [2.75, 3.05) is 37.6 Å². The van der Waals surface area contributed by atoms with Crippen LogP contribution < -0.4 is 4.90 Å². The minimum atomic E-state index is -0.0825. The molecule has 2 heterocycles. The number of hydrogen-bond donors (Lipinski definition) is 0. The number of halogens is 1. The average Bonchev–Trinajstić information content (AvgIpc) is 2.72. The molecule has 0 N–H and O–H groups in total. The zero-order valence-electron chi connectivity index (χ0n) is 17.0. The molecule has 7 nitrogen and oxygen atoms in total. The quantitative estimate of drug-likeness (QED) is 0.750. The number of carbonyl (C=O) groups is 2. The van der Waals surface area contributed by atoms with Gasteiger partial charge < -0.3 is 14.7 Å². The molecule has 0 atom stereocenters. The van der Waals surface area contributed by atoms with Gasteiger partial charge in [-0.2, -0.15) is 0 Å². The van der Waals surface area contributed by atoms with Crippen LogP contribution in [0.4, 0.5) is 5.82 Å². The summed E-state index contributed by atoms with van der Waals surface area (Å²) in [4.78, 5) is 29.8. The number of nitrogens with zero attached hydrogens (tertiary/aromatic N) is 5. The molecule has 29 heavy (non-hydrogen) atoms. The maximum Gasteiger partial charge on any atom is 0.242 e. The Morgan fingerprint density at radius 3 is 2.31 bits per heavy atom. The summed E-state index contributed by atoms with van der Waals surface area (Å²) in [6.07, 6.45) is 0. The molecule has 0 bridgehead atoms. The first kappa shape index (κ1) is 21.0. The third-order valence-electron chi connectivity index (χ3n) is 5.09. The molecule has 1 aliphatic heterocycles. The summed E-state index contributed by atoms with van der Waals surface area (Å²) in [6.45, 7) is 7.99. The fourth-order valence-electron chi connectivity index (χ4n) is 3.39. The maximum absolute atomic E-state index is 12.6. The molecule has 1 fully saturated rings. The standard InChI is InChI=1S/C21H26ClN5O2/c1-15(2)27(16(3)28)14-21(29)26-12-10-25(11-13-26)20-9-8-19(23-24-20)17-6-4-5-7-18(17)22/h4-9,15H,10-14H2,1-3H3. The van der Waals surface area contributed by atoms with Gasteiger partial charge in [0.25, 0.3) is 0 Å². The lowest BCUT2D eigenvalue weighted by molar-refractivity contribution is -0.141. The van der Waals surface area contributed by atoms with E-state index >= 15 is 0 Å². The van der Waals surface area contributed by atoms with Gasteiger partial charge in [0.1, 0.15) is 0 Å². The van der Waals surface area contributed by atoms with Gasteiger partial charge in [-0.25, -0.2) is 0 Å². The first-order valence-corrected chi connectivity index (χ1v) is 10.1. The third-order valence-corrected chi connectivity index (χ3v) is 5.42. The molecule has 2 amide bonds. The summed E-state index contributed by atoms with van der Waals surface area (Å²) < 4.78 is 0. The second-order valence-electron chi connectivity index (χ2n) is 7.37. The van der Waals surface area contributed by atoms with Crippen molar-refractivity contribution < 1.29 is 9.59 Å². The van der Waals surface area contributed by atoms with Gasteiger partial charge in [0, 0.05) is 44.7 Å². The van der Waals surface area contributed by atoms with E-state index < -0.39 is 0 Å². The van der Waals surface area contributed by atoms with E-state index in [0.29, 0.717) is 31.2 Å². The lowest BCUT2D eigenvalue weighted by Gasteiger charge is -2.36. The predicted molar refractivity (Wildman–Crippen MR) is 114 cm³/mol. The molecule has 3 rings (SSSR count). The van der Waals surface area contributed by atoms with Crippen LogP contribution in [0.3, 0.4) is 0 Å². The molecule has 0 unspecified atom stereocenters. The molecule has 8 heteroatoms. The summed E-state index contributed by atoms with van der Waals surface area (Å²) in [5, 5.41) is 9.30. The number of benzene rings is 1. The lowest BCUT2D eigenvalue weighted by atomic mass is 10.1. The van der Waals surface area contributed by atoms with Crippen LogP contribution in [0.2, 0.25) is 5.02 Å². The Kier molecular flexibility index (Phi) is 6.69. The van der Waals surface area contributed by atoms with Crippen LogP contribution in [0.25, 0.3) is 11.3 Å². The normalized spacial score (nSPS) is 14.2. The summed E-state index contributed by atoms with van der Waals surface area (Å²) in [5.41, 5.74) is 1.58. The zero-order valence-corrected chi connectivity index (χ0v) is 17.8. The Hall–Kier alpha value is -2.67. The Labute approximate surface area is 176 Å². The van der Waals surface area contributed by atoms with E-state index in [0.717, 1.165) is 17.1 Å². The van der Waals surface area contributed by atoms with Gasteiger partial charge in [-0.15, -0.1) is 10.2 Å². The second kappa shape index (κ2) is 9.22. The number of anilines is 1. The van der Waals surface area contributed by atoms with E-state index in [1.54, 1.807) is 9.80 Å². The molecule has 0 radical (unpaired) electrons. The third kappa shape index (κ3) is 5.03. The predicted octanol–water partition coefficient (Wildman–Crippen LogP) is 2.70. The minimum Gasteiger partial charge on any atom is -0.352 e. The van der Waals surface area contributed by atoms with Gasteiger partial charge in [-0.1, -0.05) is 29.8 Å². The number of aromatic nitrogens is 2. The van der Waals surface area contributed by atoms with Gasteiger partial charge in [-0.3, -0.25) is 9.59 Å². The highest BCUT2D eigenvalue weighted by Gasteiger charge is 2.25. The highest BCUT2D eigenvalue weighted by atomic mass is 35.5. The Morgan fingerprint density at radius 2 is 1.76 bits per heavy atom. The van der Waals surface area contributed by atoms with E-state index in [2.05, 4.69) is 15.1 Å². The topological polar surface area (TPSA) is 69.6 Å². The van der Waals surface area contributed by atoms with Crippen molar-refractivity contribution in [1.29, 1.82) is 0 Å². The van der Waals surface area contributed by atoms with Crippen molar-refractivity contribution in [2.45, 2.75) is 26.8 Å². The number of rotatable bonds is 5. The van der Waals surface area contributed by atoms with Gasteiger partial charge in [0.05, 0.1) is 17.3 Å². The van der Waals surface area contributed by atoms with E-state index in [4.69, 9.17) is 11.6 Å². The molecule has 1 aromatic carbocycles. The van der Waals surface area contributed by atoms with Gasteiger partial charge in [0.2, 0.25) is 11.8 Å². The van der Waals surface area contributed by atoms with Gasteiger partial charge >= 0.3 is 0 Å². The number of piperazine rings is 1. The van der Waals surface area contributed by atoms with E-state index in [-0.39, 0.29) is 24.4 Å². The molecule has 1 aliphatic rings. The van der Waals surface area contributed by atoms with Crippen LogP contribution in [-0.4, -0.2) is 70.6 Å². The van der Waals surface area contributed by atoms with Gasteiger partial charge in [0.15, 0.2) is 5.82 Å². The fourth-order valence-corrected chi connectivity index (χ4v) is 3.63. The van der Waals surface area contributed by atoms with Crippen molar-refractivity contribution in [3.63, 3.8) is 0 Å². The second-order valence-corrected chi connectivity index (χ2v) is 7.77. The van der Waals surface area contributed by atoms with E-state index in [1.807, 2.05) is 50.2 Å². The highest BCUT2D eigenvalue weighted by Crippen LogP contribution is 2.26. The molecule has 0 saturated carbocycles. The van der Waals surface area contributed by atoms with Crippen molar-refractivity contribution >= 4 is 29.2 Å². The van der Waals surface area contributed by atoms with Crippen LogP contribution in [0.5, 0.6) is 0 Å². The van der Waals surface area contributed by atoms with E-state index in [1.165, 1.54) is 6.92 Å². The highest BCUT2D eigenvalue weighted by molar-refractivity contribution is 6.33. The summed E-state index contributed by atoms with van der Waals surface area (Å²) in [5.74, 6) is 0.676. The van der Waals surface area contributed by atoms with Gasteiger partial charge in [-0.05, 0) is 32.0 Å². The SMILES string of the molecule is CC(=O)N(CC(=O)N1CCN(c2ccc(-c3ccccc3Cl)nn2)CC1)C(C)C. The summed E-state index contributed by atoms with van der Waals surface area (Å²) in [6, 6.07) is 11.4.